The highest BCUT2D eigenvalue weighted by Gasteiger charge is 2.31. The lowest BCUT2D eigenvalue weighted by Gasteiger charge is -2.18. The number of thiazole rings is 1. The Morgan fingerprint density at radius 3 is 2.68 bits per heavy atom. The van der Waals surface area contributed by atoms with Gasteiger partial charge in [-0.25, -0.2) is 4.98 Å². The largest absolute Gasteiger partial charge is 0.507 e. The van der Waals surface area contributed by atoms with Gasteiger partial charge in [-0.2, -0.15) is 13.2 Å². The number of nitrogens with one attached hydrogen (secondary N) is 2. The number of carbonyl (C=O) groups excluding carboxylic acids is 1. The van der Waals surface area contributed by atoms with Crippen LogP contribution in [0.1, 0.15) is 41.8 Å². The number of likely N-dealkylation sites (N-methyl/N-ethyl adjacent to an activating group) is 1. The first-order chi connectivity index (χ1) is 16.1. The number of amides is 1. The summed E-state index contributed by atoms with van der Waals surface area (Å²) in [5.41, 5.74) is 0.0547. The molecule has 3 N–H and O–H groups in total. The van der Waals surface area contributed by atoms with Gasteiger partial charge in [-0.3, -0.25) is 15.0 Å². The predicted octanol–water partition coefficient (Wildman–Crippen LogP) is 5.75. The number of alkyl halides is 3. The summed E-state index contributed by atoms with van der Waals surface area (Å²) in [4.78, 5) is 19.1. The number of rotatable bonds is 5. The predicted molar refractivity (Wildman–Crippen MR) is 130 cm³/mol. The molecule has 34 heavy (non-hydrogen) atoms. The first-order valence-electron chi connectivity index (χ1n) is 10.8. The minimum absolute atomic E-state index is 0.0212. The van der Waals surface area contributed by atoms with Crippen molar-refractivity contribution in [2.45, 2.75) is 39.0 Å². The van der Waals surface area contributed by atoms with Crippen molar-refractivity contribution in [1.82, 2.24) is 15.2 Å². The van der Waals surface area contributed by atoms with Crippen LogP contribution in [0.4, 0.5) is 18.3 Å². The van der Waals surface area contributed by atoms with Crippen LogP contribution in [-0.4, -0.2) is 47.1 Å². The summed E-state index contributed by atoms with van der Waals surface area (Å²) < 4.78 is 39.1. The lowest BCUT2D eigenvalue weighted by molar-refractivity contribution is -0.137. The van der Waals surface area contributed by atoms with Crippen molar-refractivity contribution >= 4 is 44.2 Å². The summed E-state index contributed by atoms with van der Waals surface area (Å²) in [7, 11) is 1.90. The number of carbonyl (C=O) groups is 1. The van der Waals surface area contributed by atoms with Crippen molar-refractivity contribution < 1.29 is 23.1 Å². The summed E-state index contributed by atoms with van der Waals surface area (Å²) in [5, 5.41) is 16.9. The van der Waals surface area contributed by atoms with Gasteiger partial charge in [0.15, 0.2) is 5.13 Å². The molecule has 1 saturated heterocycles. The van der Waals surface area contributed by atoms with Crippen molar-refractivity contribution in [2.24, 2.45) is 0 Å². The van der Waals surface area contributed by atoms with Gasteiger partial charge in [-0.1, -0.05) is 36.8 Å². The van der Waals surface area contributed by atoms with Gasteiger partial charge >= 0.3 is 6.18 Å². The second-order valence-corrected chi connectivity index (χ2v) is 9.09. The van der Waals surface area contributed by atoms with E-state index in [1.165, 1.54) is 12.1 Å². The molecule has 1 amide bonds. The average Bonchev–Trinajstić information content (AvgIpc) is 3.42. The number of nitrogens with zero attached hydrogens (tertiary/aromatic N) is 2. The number of phenols is 1. The monoisotopic (exact) mass is 514 g/mol. The second-order valence-electron chi connectivity index (χ2n) is 7.62. The van der Waals surface area contributed by atoms with E-state index >= 15 is 0 Å². The number of hydrogen-bond acceptors (Lipinski definition) is 6. The van der Waals surface area contributed by atoms with Gasteiger partial charge in [0.2, 0.25) is 0 Å². The van der Waals surface area contributed by atoms with E-state index in [2.05, 4.69) is 20.5 Å². The third-order valence-corrected chi connectivity index (χ3v) is 6.56. The first-order valence-corrected chi connectivity index (χ1v) is 12.0. The number of likely N-dealkylation sites (tertiary alicyclic amines) is 1. The van der Waals surface area contributed by atoms with Crippen LogP contribution in [0.15, 0.2) is 30.3 Å². The Morgan fingerprint density at radius 1 is 1.29 bits per heavy atom. The van der Waals surface area contributed by atoms with Crippen LogP contribution < -0.4 is 10.6 Å². The molecule has 3 aromatic rings. The van der Waals surface area contributed by atoms with Crippen molar-refractivity contribution in [1.29, 1.82) is 0 Å². The molecule has 184 valence electrons. The van der Waals surface area contributed by atoms with Crippen LogP contribution in [-0.2, 0) is 12.7 Å². The molecule has 4 rings (SSSR count). The van der Waals surface area contributed by atoms with Gasteiger partial charge < -0.3 is 10.4 Å². The van der Waals surface area contributed by atoms with Crippen LogP contribution in [0.2, 0.25) is 5.02 Å². The minimum Gasteiger partial charge on any atom is -0.507 e. The number of aromatic nitrogens is 1. The number of fused-ring (bicyclic) bond motifs is 1. The van der Waals surface area contributed by atoms with Crippen LogP contribution >= 0.6 is 22.9 Å². The number of aromatic hydroxyl groups is 1. The molecule has 1 aliphatic rings. The summed E-state index contributed by atoms with van der Waals surface area (Å²) in [6.07, 6.45) is -3.48. The minimum atomic E-state index is -4.47. The molecule has 0 spiro atoms. The van der Waals surface area contributed by atoms with Gasteiger partial charge in [-0.15, -0.1) is 0 Å². The fraction of sp³-hybridized carbons (Fsp3) is 0.391. The van der Waals surface area contributed by atoms with Crippen molar-refractivity contribution in [3.63, 3.8) is 0 Å². The number of benzene rings is 2. The summed E-state index contributed by atoms with van der Waals surface area (Å²) in [6, 6.07) is 6.54. The zero-order valence-electron chi connectivity index (χ0n) is 19.0. The topological polar surface area (TPSA) is 77.5 Å². The van der Waals surface area contributed by atoms with E-state index in [0.717, 1.165) is 43.0 Å². The van der Waals surface area contributed by atoms with E-state index in [0.29, 0.717) is 33.4 Å². The maximum Gasteiger partial charge on any atom is 0.416 e. The van der Waals surface area contributed by atoms with Gasteiger partial charge in [0.05, 0.1) is 21.3 Å². The summed E-state index contributed by atoms with van der Waals surface area (Å²) in [6.45, 7) is 6.10. The van der Waals surface area contributed by atoms with Crippen LogP contribution in [0.5, 0.6) is 5.75 Å². The third kappa shape index (κ3) is 5.99. The fourth-order valence-corrected chi connectivity index (χ4v) is 4.86. The van der Waals surface area contributed by atoms with E-state index in [4.69, 9.17) is 11.6 Å². The normalized spacial score (nSPS) is 16.4. The molecule has 0 aliphatic carbocycles. The van der Waals surface area contributed by atoms with E-state index in [1.54, 1.807) is 6.07 Å². The molecule has 0 saturated carbocycles. The molecule has 11 heteroatoms. The van der Waals surface area contributed by atoms with Crippen LogP contribution in [0.25, 0.3) is 10.2 Å². The standard InChI is InChI=1S/C21H20ClF3N4O2S.C2H6/c1-26-14-4-5-29(10-14)9-11-6-13(22)8-15(18(11)30)19(31)28-20-27-16-3-2-12(21(23,24)25)7-17(16)32-20;1-2/h2-3,6-8,14,26,30H,4-5,9-10H2,1H3,(H,27,28,31);1-2H3. The Morgan fingerprint density at radius 2 is 2.03 bits per heavy atom. The molecular weight excluding hydrogens is 489 g/mol. The quantitative estimate of drug-likeness (QED) is 0.404. The molecule has 0 bridgehead atoms. The zero-order valence-corrected chi connectivity index (χ0v) is 20.5. The number of halogens is 4. The van der Waals surface area contributed by atoms with Crippen LogP contribution in [0.3, 0.4) is 0 Å². The first kappa shape index (κ1) is 26.2. The van der Waals surface area contributed by atoms with Gasteiger partial charge in [0, 0.05) is 36.3 Å². The molecule has 2 aromatic carbocycles. The van der Waals surface area contributed by atoms with Crippen molar-refractivity contribution in [3.05, 3.63) is 52.0 Å². The Bertz CT molecular complexity index is 1170. The average molecular weight is 515 g/mol. The van der Waals surface area contributed by atoms with E-state index in [9.17, 15) is 23.1 Å². The number of phenolic OH excluding ortho intramolecular Hbond substituents is 1. The maximum absolute atomic E-state index is 12.9. The smallest absolute Gasteiger partial charge is 0.416 e. The molecule has 1 fully saturated rings. The van der Waals surface area contributed by atoms with Crippen molar-refractivity contribution in [2.75, 3.05) is 25.5 Å². The van der Waals surface area contributed by atoms with Gasteiger partial charge in [0.25, 0.3) is 5.91 Å². The highest BCUT2D eigenvalue weighted by Crippen LogP contribution is 2.35. The van der Waals surface area contributed by atoms with Crippen molar-refractivity contribution in [3.8, 4) is 5.75 Å². The van der Waals surface area contributed by atoms with E-state index in [-0.39, 0.29) is 16.4 Å². The highest BCUT2D eigenvalue weighted by molar-refractivity contribution is 7.22. The fourth-order valence-electron chi connectivity index (χ4n) is 3.72. The molecule has 2 heterocycles. The maximum atomic E-state index is 12.9. The molecule has 1 aromatic heterocycles. The van der Waals surface area contributed by atoms with Gasteiger partial charge in [-0.05, 0) is 43.8 Å². The zero-order chi connectivity index (χ0) is 25.0. The Hall–Kier alpha value is -2.40. The molecule has 1 unspecified atom stereocenters. The third-order valence-electron chi connectivity index (χ3n) is 5.41. The lowest BCUT2D eigenvalue weighted by atomic mass is 10.1. The van der Waals surface area contributed by atoms with Gasteiger partial charge in [0.1, 0.15) is 5.75 Å². The SMILES string of the molecule is CC.CNC1CCN(Cc2cc(Cl)cc(C(=O)Nc3nc4ccc(C(F)(F)F)cc4s3)c2O)C1. The Kier molecular flexibility index (Phi) is 8.40. The molecule has 6 nitrogen and oxygen atoms in total. The van der Waals surface area contributed by atoms with Crippen LogP contribution in [0, 0.1) is 0 Å². The van der Waals surface area contributed by atoms with E-state index in [1.807, 2.05) is 20.9 Å². The Labute approximate surface area is 204 Å². The molecule has 1 aliphatic heterocycles. The molecule has 1 atom stereocenters. The number of hydrogen-bond donors (Lipinski definition) is 3. The molecular formula is C23H26ClF3N4O2S. The highest BCUT2D eigenvalue weighted by atomic mass is 35.5. The summed E-state index contributed by atoms with van der Waals surface area (Å²) in [5.74, 6) is -0.823. The molecule has 0 radical (unpaired) electrons. The summed E-state index contributed by atoms with van der Waals surface area (Å²) >= 11 is 7.11. The number of anilines is 1. The second kappa shape index (κ2) is 10.9. The van der Waals surface area contributed by atoms with E-state index < -0.39 is 17.6 Å². The Balaban J connectivity index is 0.00000158. The lowest BCUT2D eigenvalue weighted by Crippen LogP contribution is -2.29.